The Morgan fingerprint density at radius 2 is 1.94 bits per heavy atom. The number of benzene rings is 2. The SMILES string of the molecule is O=C(OC1C=C=C(NCC(F)(F)F)C1)N1CCc2ccccc2[C@@H]1c1ccc(F)cc1.[HH]. The first-order valence-electron chi connectivity index (χ1n) is 9.87. The van der Waals surface area contributed by atoms with Gasteiger partial charge in [-0.25, -0.2) is 9.18 Å². The highest BCUT2D eigenvalue weighted by Crippen LogP contribution is 2.36. The summed E-state index contributed by atoms with van der Waals surface area (Å²) in [7, 11) is 0. The fourth-order valence-electron chi connectivity index (χ4n) is 3.88. The predicted octanol–water partition coefficient (Wildman–Crippen LogP) is 5.12. The van der Waals surface area contributed by atoms with Gasteiger partial charge in [0, 0.05) is 20.5 Å². The molecule has 31 heavy (non-hydrogen) atoms. The van der Waals surface area contributed by atoms with E-state index < -0.39 is 31.0 Å². The molecule has 1 aliphatic carbocycles. The van der Waals surface area contributed by atoms with E-state index in [0.717, 1.165) is 16.7 Å². The van der Waals surface area contributed by atoms with Gasteiger partial charge < -0.3 is 10.1 Å². The molecule has 0 fully saturated rings. The van der Waals surface area contributed by atoms with E-state index in [1.165, 1.54) is 18.2 Å². The molecule has 2 aliphatic rings. The van der Waals surface area contributed by atoms with Crippen molar-refractivity contribution in [3.63, 3.8) is 0 Å². The average molecular weight is 434 g/mol. The highest BCUT2D eigenvalue weighted by Gasteiger charge is 2.34. The van der Waals surface area contributed by atoms with Crippen LogP contribution in [0.15, 0.2) is 66.0 Å². The van der Waals surface area contributed by atoms with Crippen LogP contribution in [-0.2, 0) is 11.2 Å². The summed E-state index contributed by atoms with van der Waals surface area (Å²) in [4.78, 5) is 14.6. The maximum Gasteiger partial charge on any atom is 0.411 e. The first-order chi connectivity index (χ1) is 14.8. The van der Waals surface area contributed by atoms with Gasteiger partial charge in [-0.05, 0) is 35.2 Å². The van der Waals surface area contributed by atoms with Crippen molar-refractivity contribution in [3.8, 4) is 0 Å². The Morgan fingerprint density at radius 3 is 2.68 bits per heavy atom. The Bertz CT molecular complexity index is 1030. The normalized spacial score (nSPS) is 20.3. The second-order valence-corrected chi connectivity index (χ2v) is 7.48. The van der Waals surface area contributed by atoms with E-state index in [0.29, 0.717) is 13.0 Å². The number of rotatable bonds is 4. The number of ether oxygens (including phenoxy) is 1. The van der Waals surface area contributed by atoms with Crippen molar-refractivity contribution >= 4 is 6.09 Å². The molecule has 2 atom stereocenters. The third kappa shape index (κ3) is 4.91. The molecule has 164 valence electrons. The molecule has 4 nitrogen and oxygen atoms in total. The maximum absolute atomic E-state index is 13.5. The van der Waals surface area contributed by atoms with Gasteiger partial charge in [-0.15, -0.1) is 5.73 Å². The molecule has 2 aromatic carbocycles. The smallest absolute Gasteiger partial charge is 0.411 e. The quantitative estimate of drug-likeness (QED) is 0.537. The summed E-state index contributed by atoms with van der Waals surface area (Å²) in [5.41, 5.74) is 5.72. The van der Waals surface area contributed by atoms with Crippen LogP contribution in [0, 0.1) is 5.82 Å². The molecule has 0 saturated heterocycles. The summed E-state index contributed by atoms with van der Waals surface area (Å²) in [6, 6.07) is 13.3. The van der Waals surface area contributed by atoms with Crippen molar-refractivity contribution in [1.82, 2.24) is 10.2 Å². The lowest BCUT2D eigenvalue weighted by molar-refractivity contribution is -0.123. The number of alkyl halides is 3. The fourth-order valence-corrected chi connectivity index (χ4v) is 3.88. The number of amides is 1. The zero-order chi connectivity index (χ0) is 22.0. The number of halogens is 4. The molecular formula is C23H22F4N2O2. The van der Waals surface area contributed by atoms with Gasteiger partial charge in [-0.1, -0.05) is 36.4 Å². The zero-order valence-electron chi connectivity index (χ0n) is 16.5. The number of nitrogens with zero attached hydrogens (tertiary/aromatic N) is 1. The highest BCUT2D eigenvalue weighted by molar-refractivity contribution is 5.70. The minimum Gasteiger partial charge on any atom is -0.441 e. The number of fused-ring (bicyclic) bond motifs is 1. The second-order valence-electron chi connectivity index (χ2n) is 7.48. The molecule has 0 bridgehead atoms. The average Bonchev–Trinajstić information content (AvgIpc) is 3.19. The van der Waals surface area contributed by atoms with E-state index in [4.69, 9.17) is 4.74 Å². The largest absolute Gasteiger partial charge is 0.441 e. The van der Waals surface area contributed by atoms with E-state index in [2.05, 4.69) is 11.0 Å². The fraction of sp³-hybridized carbons (Fsp3) is 0.304. The third-order valence-corrected chi connectivity index (χ3v) is 5.31. The van der Waals surface area contributed by atoms with Crippen LogP contribution in [0.1, 0.15) is 30.6 Å². The first kappa shape index (κ1) is 21.0. The predicted molar refractivity (Wildman–Crippen MR) is 108 cm³/mol. The van der Waals surface area contributed by atoms with E-state index in [1.54, 1.807) is 17.0 Å². The number of hydrogen-bond donors (Lipinski definition) is 1. The van der Waals surface area contributed by atoms with Crippen molar-refractivity contribution in [1.29, 1.82) is 0 Å². The number of carbonyl (C=O) groups is 1. The number of nitrogens with one attached hydrogen (secondary N) is 1. The van der Waals surface area contributed by atoms with Gasteiger partial charge in [-0.2, -0.15) is 13.2 Å². The van der Waals surface area contributed by atoms with E-state index in [1.807, 2.05) is 24.3 Å². The van der Waals surface area contributed by atoms with E-state index in [-0.39, 0.29) is 19.4 Å². The standard InChI is InChI=1S/C23H20F4N2O2.H2/c24-17-7-5-16(6-8-17)21-20-4-2-1-3-15(20)11-12-29(21)22(30)31-19-10-9-18(13-19)28-14-23(25,26)27;/h1-8,10,19,21,28H,11-14H2;1H/t19?,21-;/m0./s1. The Labute approximate surface area is 178 Å². The first-order valence-corrected chi connectivity index (χ1v) is 9.87. The zero-order valence-corrected chi connectivity index (χ0v) is 16.5. The summed E-state index contributed by atoms with van der Waals surface area (Å²) >= 11 is 0. The van der Waals surface area contributed by atoms with Crippen molar-refractivity contribution in [2.75, 3.05) is 13.1 Å². The molecule has 1 unspecified atom stereocenters. The molecule has 1 aliphatic heterocycles. The maximum atomic E-state index is 13.5. The molecule has 0 aromatic heterocycles. The van der Waals surface area contributed by atoms with Crippen LogP contribution >= 0.6 is 0 Å². The lowest BCUT2D eigenvalue weighted by atomic mass is 9.88. The Kier molecular flexibility index (Phi) is 5.74. The molecular weight excluding hydrogens is 412 g/mol. The van der Waals surface area contributed by atoms with Gasteiger partial charge in [0.25, 0.3) is 0 Å². The summed E-state index contributed by atoms with van der Waals surface area (Å²) in [5.74, 6) is -0.372. The molecule has 4 rings (SSSR count). The van der Waals surface area contributed by atoms with Crippen LogP contribution in [0.25, 0.3) is 0 Å². The minimum atomic E-state index is -4.34. The molecule has 0 radical (unpaired) electrons. The molecule has 0 saturated carbocycles. The van der Waals surface area contributed by atoms with E-state index >= 15 is 0 Å². The van der Waals surface area contributed by atoms with Gasteiger partial charge in [0.05, 0.1) is 11.7 Å². The second kappa shape index (κ2) is 8.47. The monoisotopic (exact) mass is 434 g/mol. The Hall–Kier alpha value is -3.25. The van der Waals surface area contributed by atoms with Crippen molar-refractivity contribution < 1.29 is 28.5 Å². The lowest BCUT2D eigenvalue weighted by Crippen LogP contribution is -2.42. The van der Waals surface area contributed by atoms with Crippen LogP contribution in [0.2, 0.25) is 0 Å². The van der Waals surface area contributed by atoms with Gasteiger partial charge in [0.1, 0.15) is 18.5 Å². The number of hydrogen-bond acceptors (Lipinski definition) is 3. The third-order valence-electron chi connectivity index (χ3n) is 5.31. The van der Waals surface area contributed by atoms with Crippen LogP contribution in [0.4, 0.5) is 22.4 Å². The molecule has 1 heterocycles. The summed E-state index contributed by atoms with van der Waals surface area (Å²) in [5, 5.41) is 2.27. The van der Waals surface area contributed by atoms with Crippen LogP contribution < -0.4 is 5.32 Å². The van der Waals surface area contributed by atoms with Gasteiger partial charge in [0.2, 0.25) is 0 Å². The topological polar surface area (TPSA) is 41.6 Å². The summed E-state index contributed by atoms with van der Waals surface area (Å²) in [6.45, 7) is -0.764. The van der Waals surface area contributed by atoms with Crippen LogP contribution in [0.5, 0.6) is 0 Å². The van der Waals surface area contributed by atoms with Gasteiger partial charge in [-0.3, -0.25) is 4.90 Å². The molecule has 2 aromatic rings. The van der Waals surface area contributed by atoms with Crippen LogP contribution in [-0.4, -0.2) is 36.4 Å². The summed E-state index contributed by atoms with van der Waals surface area (Å²) < 4.78 is 56.2. The Morgan fingerprint density at radius 1 is 1.19 bits per heavy atom. The van der Waals surface area contributed by atoms with Crippen molar-refractivity contribution in [3.05, 3.63) is 88.5 Å². The number of carbonyl (C=O) groups excluding carboxylic acids is 1. The summed E-state index contributed by atoms with van der Waals surface area (Å²) in [6.07, 6.45) is -3.43. The molecule has 0 spiro atoms. The Balaban J connectivity index is 0.00000289. The highest BCUT2D eigenvalue weighted by atomic mass is 19.4. The van der Waals surface area contributed by atoms with Gasteiger partial charge in [0.15, 0.2) is 0 Å². The molecule has 1 amide bonds. The van der Waals surface area contributed by atoms with Gasteiger partial charge >= 0.3 is 12.3 Å². The molecule has 8 heteroatoms. The van der Waals surface area contributed by atoms with Crippen molar-refractivity contribution in [2.45, 2.75) is 31.2 Å². The van der Waals surface area contributed by atoms with E-state index in [9.17, 15) is 22.4 Å². The van der Waals surface area contributed by atoms with Crippen LogP contribution in [0.3, 0.4) is 0 Å². The lowest BCUT2D eigenvalue weighted by Gasteiger charge is -2.37. The molecule has 1 N–H and O–H groups in total. The minimum absolute atomic E-state index is 0. The van der Waals surface area contributed by atoms with Crippen molar-refractivity contribution in [2.24, 2.45) is 0 Å².